The summed E-state index contributed by atoms with van der Waals surface area (Å²) in [4.78, 5) is 4.15. The van der Waals surface area contributed by atoms with Gasteiger partial charge in [0.25, 0.3) is 0 Å². The number of benzene rings is 1. The standard InChI is InChI=1S/C10H12FN3/c11-9-4-2-1-3-8(9)7-14-10-12-5-6-13-10/h1-4H,5-7H2,(H2,12,13,14). The Balaban J connectivity index is 1.94. The first-order valence-electron chi connectivity index (χ1n) is 4.62. The molecule has 2 N–H and O–H groups in total. The van der Waals surface area contributed by atoms with Gasteiger partial charge in [0.05, 0.1) is 6.54 Å². The molecule has 0 spiro atoms. The number of nitrogens with one attached hydrogen (secondary N) is 2. The molecule has 0 amide bonds. The molecule has 0 radical (unpaired) electrons. The van der Waals surface area contributed by atoms with E-state index < -0.39 is 0 Å². The van der Waals surface area contributed by atoms with Crippen LogP contribution in [0.5, 0.6) is 0 Å². The Hall–Kier alpha value is -1.58. The van der Waals surface area contributed by atoms with Gasteiger partial charge in [-0.15, -0.1) is 0 Å². The normalized spacial score (nSPS) is 14.8. The van der Waals surface area contributed by atoms with E-state index in [1.54, 1.807) is 12.1 Å². The van der Waals surface area contributed by atoms with E-state index in [9.17, 15) is 4.39 Å². The minimum atomic E-state index is -0.182. The zero-order chi connectivity index (χ0) is 9.80. The van der Waals surface area contributed by atoms with E-state index in [0.29, 0.717) is 12.1 Å². The van der Waals surface area contributed by atoms with Gasteiger partial charge in [-0.2, -0.15) is 0 Å². The van der Waals surface area contributed by atoms with Crippen molar-refractivity contribution in [1.82, 2.24) is 10.6 Å². The Kier molecular flexibility index (Phi) is 2.62. The van der Waals surface area contributed by atoms with Crippen LogP contribution in [-0.2, 0) is 6.54 Å². The van der Waals surface area contributed by atoms with E-state index in [-0.39, 0.29) is 5.82 Å². The van der Waals surface area contributed by atoms with Crippen LogP contribution in [0, 0.1) is 5.82 Å². The first kappa shape index (κ1) is 8.99. The molecular weight excluding hydrogens is 181 g/mol. The molecule has 1 aromatic carbocycles. The van der Waals surface area contributed by atoms with Gasteiger partial charge in [0.15, 0.2) is 5.96 Å². The molecule has 4 heteroatoms. The lowest BCUT2D eigenvalue weighted by molar-refractivity contribution is 0.605. The van der Waals surface area contributed by atoms with Crippen LogP contribution in [0.1, 0.15) is 5.56 Å². The smallest absolute Gasteiger partial charge is 0.191 e. The van der Waals surface area contributed by atoms with Gasteiger partial charge in [0.1, 0.15) is 5.82 Å². The Labute approximate surface area is 82.0 Å². The van der Waals surface area contributed by atoms with Crippen LogP contribution in [0.4, 0.5) is 4.39 Å². The third kappa shape index (κ3) is 2.02. The molecule has 1 heterocycles. The summed E-state index contributed by atoms with van der Waals surface area (Å²) in [6.45, 7) is 2.12. The summed E-state index contributed by atoms with van der Waals surface area (Å²) in [5.41, 5.74) is 0.656. The first-order valence-corrected chi connectivity index (χ1v) is 4.62. The monoisotopic (exact) mass is 193 g/mol. The second-order valence-electron chi connectivity index (χ2n) is 3.10. The molecule has 74 valence electrons. The second-order valence-corrected chi connectivity index (χ2v) is 3.10. The van der Waals surface area contributed by atoms with Gasteiger partial charge in [-0.1, -0.05) is 18.2 Å². The molecule has 0 saturated carbocycles. The molecule has 1 aliphatic rings. The molecule has 1 aromatic rings. The minimum absolute atomic E-state index is 0.182. The third-order valence-electron chi connectivity index (χ3n) is 2.08. The van der Waals surface area contributed by atoms with Crippen LogP contribution >= 0.6 is 0 Å². The number of halogens is 1. The second kappa shape index (κ2) is 4.09. The van der Waals surface area contributed by atoms with Crippen molar-refractivity contribution in [3.8, 4) is 0 Å². The molecule has 0 aromatic heterocycles. The lowest BCUT2D eigenvalue weighted by atomic mass is 10.2. The van der Waals surface area contributed by atoms with E-state index in [4.69, 9.17) is 0 Å². The predicted octanol–water partition coefficient (Wildman–Crippen LogP) is 0.874. The lowest BCUT2D eigenvalue weighted by Crippen LogP contribution is -2.33. The fourth-order valence-corrected chi connectivity index (χ4v) is 1.34. The minimum Gasteiger partial charge on any atom is -0.355 e. The summed E-state index contributed by atoms with van der Waals surface area (Å²) in [6, 6.07) is 6.73. The van der Waals surface area contributed by atoms with Gasteiger partial charge in [0.2, 0.25) is 0 Å². The largest absolute Gasteiger partial charge is 0.355 e. The lowest BCUT2D eigenvalue weighted by Gasteiger charge is -2.06. The average Bonchev–Trinajstić information content (AvgIpc) is 2.69. The SMILES string of the molecule is Fc1ccccc1CNC1=NCCN1. The fourth-order valence-electron chi connectivity index (χ4n) is 1.34. The van der Waals surface area contributed by atoms with E-state index in [1.165, 1.54) is 6.07 Å². The highest BCUT2D eigenvalue weighted by Crippen LogP contribution is 2.05. The number of nitrogens with zero attached hydrogens (tertiary/aromatic N) is 1. The summed E-state index contributed by atoms with van der Waals surface area (Å²) in [6.07, 6.45) is 0. The zero-order valence-electron chi connectivity index (χ0n) is 7.76. The molecule has 3 nitrogen and oxygen atoms in total. The van der Waals surface area contributed by atoms with Crippen molar-refractivity contribution in [3.05, 3.63) is 35.6 Å². The van der Waals surface area contributed by atoms with Crippen molar-refractivity contribution in [1.29, 1.82) is 0 Å². The van der Waals surface area contributed by atoms with Crippen molar-refractivity contribution in [3.63, 3.8) is 0 Å². The summed E-state index contributed by atoms with van der Waals surface area (Å²) >= 11 is 0. The van der Waals surface area contributed by atoms with Gasteiger partial charge < -0.3 is 10.6 Å². The maximum Gasteiger partial charge on any atom is 0.191 e. The first-order chi connectivity index (χ1) is 6.86. The summed E-state index contributed by atoms with van der Waals surface area (Å²) < 4.78 is 13.2. The summed E-state index contributed by atoms with van der Waals surface area (Å²) in [5, 5.41) is 6.10. The molecule has 0 atom stereocenters. The van der Waals surface area contributed by atoms with Crippen molar-refractivity contribution in [2.45, 2.75) is 6.54 Å². The van der Waals surface area contributed by atoms with E-state index in [2.05, 4.69) is 15.6 Å². The molecule has 0 bridgehead atoms. The number of guanidine groups is 1. The van der Waals surface area contributed by atoms with Crippen molar-refractivity contribution >= 4 is 5.96 Å². The van der Waals surface area contributed by atoms with Crippen LogP contribution in [0.15, 0.2) is 29.3 Å². The highest BCUT2D eigenvalue weighted by molar-refractivity contribution is 5.81. The van der Waals surface area contributed by atoms with Gasteiger partial charge in [-0.25, -0.2) is 4.39 Å². The predicted molar refractivity (Wildman–Crippen MR) is 53.5 cm³/mol. The fraction of sp³-hybridized carbons (Fsp3) is 0.300. The molecule has 0 aliphatic carbocycles. The number of hydrogen-bond acceptors (Lipinski definition) is 3. The van der Waals surface area contributed by atoms with Gasteiger partial charge in [-0.3, -0.25) is 4.99 Å². The average molecular weight is 193 g/mol. The van der Waals surface area contributed by atoms with E-state index >= 15 is 0 Å². The quantitative estimate of drug-likeness (QED) is 0.731. The van der Waals surface area contributed by atoms with Crippen molar-refractivity contribution < 1.29 is 4.39 Å². The molecule has 14 heavy (non-hydrogen) atoms. The van der Waals surface area contributed by atoms with Gasteiger partial charge in [0, 0.05) is 18.7 Å². The molecule has 0 fully saturated rings. The maximum absolute atomic E-state index is 13.2. The van der Waals surface area contributed by atoms with Crippen molar-refractivity contribution in [2.24, 2.45) is 4.99 Å². The highest BCUT2D eigenvalue weighted by Gasteiger charge is 2.05. The molecule has 0 unspecified atom stereocenters. The molecule has 1 aliphatic heterocycles. The van der Waals surface area contributed by atoms with Crippen LogP contribution < -0.4 is 10.6 Å². The van der Waals surface area contributed by atoms with E-state index in [0.717, 1.165) is 19.0 Å². The summed E-state index contributed by atoms with van der Waals surface area (Å²) in [7, 11) is 0. The van der Waals surface area contributed by atoms with Gasteiger partial charge in [-0.05, 0) is 6.07 Å². The number of rotatable bonds is 2. The topological polar surface area (TPSA) is 36.4 Å². The molecular formula is C10H12FN3. The third-order valence-corrected chi connectivity index (χ3v) is 2.08. The van der Waals surface area contributed by atoms with Crippen LogP contribution in [0.25, 0.3) is 0 Å². The Morgan fingerprint density at radius 3 is 3.00 bits per heavy atom. The Morgan fingerprint density at radius 2 is 2.29 bits per heavy atom. The summed E-state index contributed by atoms with van der Waals surface area (Å²) in [5.74, 6) is 0.576. The Morgan fingerprint density at radius 1 is 1.43 bits per heavy atom. The van der Waals surface area contributed by atoms with Crippen LogP contribution in [0.2, 0.25) is 0 Å². The van der Waals surface area contributed by atoms with Gasteiger partial charge >= 0.3 is 0 Å². The maximum atomic E-state index is 13.2. The van der Waals surface area contributed by atoms with Crippen LogP contribution in [-0.4, -0.2) is 19.0 Å². The Bertz CT molecular complexity index is 349. The number of aliphatic imine (C=N–C) groups is 1. The van der Waals surface area contributed by atoms with Crippen molar-refractivity contribution in [2.75, 3.05) is 13.1 Å². The molecule has 0 saturated heterocycles. The number of hydrogen-bond donors (Lipinski definition) is 2. The van der Waals surface area contributed by atoms with E-state index in [1.807, 2.05) is 6.07 Å². The zero-order valence-corrected chi connectivity index (χ0v) is 7.76. The molecule has 2 rings (SSSR count). The highest BCUT2D eigenvalue weighted by atomic mass is 19.1. The van der Waals surface area contributed by atoms with Crippen LogP contribution in [0.3, 0.4) is 0 Å².